The molecular weight excluding hydrogens is 658 g/mol. The van der Waals surface area contributed by atoms with Crippen molar-refractivity contribution in [2.75, 3.05) is 26.2 Å². The van der Waals surface area contributed by atoms with Crippen LogP contribution in [0.3, 0.4) is 0 Å². The molecule has 9 heteroatoms. The maximum atomic E-state index is 12.9. The third-order valence-electron chi connectivity index (χ3n) is 11.7. The molecule has 0 amide bonds. The number of Topliss-reactive ketones (excluding diaryl/α,β-unsaturated/α-hetero) is 1. The normalized spacial score (nSPS) is 27.7. The number of rotatable bonds is 4. The summed E-state index contributed by atoms with van der Waals surface area (Å²) in [5.74, 6) is 1.53. The molecule has 4 bridgehead atoms. The molecule has 6 aliphatic heterocycles. The van der Waals surface area contributed by atoms with E-state index in [1.54, 1.807) is 17.4 Å². The molecule has 0 spiro atoms. The minimum Gasteiger partial charge on any atom is -0.477 e. The van der Waals surface area contributed by atoms with Crippen molar-refractivity contribution >= 4 is 67.0 Å². The van der Waals surface area contributed by atoms with E-state index >= 15 is 0 Å². The molecule has 8 heterocycles. The zero-order valence-corrected chi connectivity index (χ0v) is 31.7. The molecule has 260 valence electrons. The number of carboxylic acids is 1. The molecule has 4 aromatic rings. The fraction of sp³-hybridized carbons (Fsp3) is 0.538. The van der Waals surface area contributed by atoms with Crippen LogP contribution in [0.15, 0.2) is 48.5 Å². The van der Waals surface area contributed by atoms with Gasteiger partial charge < -0.3 is 10.8 Å². The van der Waals surface area contributed by atoms with E-state index in [4.69, 9.17) is 10.8 Å². The van der Waals surface area contributed by atoms with Gasteiger partial charge in [0.05, 0.1) is 4.88 Å². The number of nitrogens with zero attached hydrogens (tertiary/aromatic N) is 2. The summed E-state index contributed by atoms with van der Waals surface area (Å²) in [4.78, 5) is 30.1. The molecule has 6 saturated heterocycles. The summed E-state index contributed by atoms with van der Waals surface area (Å²) in [6, 6.07) is 16.6. The third-order valence-corrected chi connectivity index (χ3v) is 14.0. The molecule has 0 radical (unpaired) electrons. The Hall–Kier alpha value is -2.33. The van der Waals surface area contributed by atoms with Crippen LogP contribution in [0.5, 0.6) is 0 Å². The highest BCUT2D eigenvalue weighted by Crippen LogP contribution is 2.46. The first-order chi connectivity index (χ1) is 22.2. The molecule has 48 heavy (non-hydrogen) atoms. The topological polar surface area (TPSA) is 86.9 Å². The van der Waals surface area contributed by atoms with Crippen molar-refractivity contribution in [1.29, 1.82) is 0 Å². The Morgan fingerprint density at radius 1 is 0.750 bits per heavy atom. The molecule has 6 fully saturated rings. The largest absolute Gasteiger partial charge is 0.477 e. The van der Waals surface area contributed by atoms with Gasteiger partial charge in [-0.2, -0.15) is 0 Å². The van der Waals surface area contributed by atoms with E-state index in [2.05, 4.69) is 68.7 Å². The van der Waals surface area contributed by atoms with Gasteiger partial charge in [-0.05, 0) is 146 Å². The van der Waals surface area contributed by atoms with Gasteiger partial charge in [0.2, 0.25) is 0 Å². The van der Waals surface area contributed by atoms with Crippen LogP contribution >= 0.6 is 35.1 Å². The average molecular weight is 710 g/mol. The van der Waals surface area contributed by atoms with Gasteiger partial charge in [-0.25, -0.2) is 4.79 Å². The molecular formula is C39H52ClN3O3S2. The lowest BCUT2D eigenvalue weighted by Gasteiger charge is -2.56. The molecule has 2 aromatic heterocycles. The number of aromatic carboxylic acids is 1. The van der Waals surface area contributed by atoms with Crippen LogP contribution in [-0.2, 0) is 0 Å². The number of hydrogen-bond donors (Lipinski definition) is 2. The van der Waals surface area contributed by atoms with E-state index in [0.717, 1.165) is 32.4 Å². The number of carbonyl (C=O) groups excluding carboxylic acids is 1. The Morgan fingerprint density at radius 3 is 1.65 bits per heavy atom. The van der Waals surface area contributed by atoms with Gasteiger partial charge in [0.25, 0.3) is 0 Å². The molecule has 3 N–H and O–H groups in total. The van der Waals surface area contributed by atoms with Crippen LogP contribution in [0.4, 0.5) is 0 Å². The maximum Gasteiger partial charge on any atom is 0.345 e. The molecule has 2 aromatic carbocycles. The number of halogens is 1. The zero-order chi connectivity index (χ0) is 33.7. The van der Waals surface area contributed by atoms with Crippen LogP contribution in [-0.4, -0.2) is 70.0 Å². The fourth-order valence-corrected chi connectivity index (χ4v) is 10.5. The van der Waals surface area contributed by atoms with Crippen LogP contribution in [0, 0.1) is 31.6 Å². The van der Waals surface area contributed by atoms with Crippen molar-refractivity contribution in [2.24, 2.45) is 23.5 Å². The highest BCUT2D eigenvalue weighted by Gasteiger charge is 2.48. The van der Waals surface area contributed by atoms with Gasteiger partial charge >= 0.3 is 5.97 Å². The minimum absolute atomic E-state index is 0. The van der Waals surface area contributed by atoms with Gasteiger partial charge in [-0.1, -0.05) is 35.4 Å². The summed E-state index contributed by atoms with van der Waals surface area (Å²) in [5.41, 5.74) is 9.00. The smallest absolute Gasteiger partial charge is 0.345 e. The van der Waals surface area contributed by atoms with Crippen molar-refractivity contribution < 1.29 is 14.7 Å². The first-order valence-electron chi connectivity index (χ1n) is 17.3. The van der Waals surface area contributed by atoms with Gasteiger partial charge in [-0.3, -0.25) is 14.6 Å². The molecule has 6 aliphatic rings. The van der Waals surface area contributed by atoms with Crippen LogP contribution in [0.1, 0.15) is 90.3 Å². The number of fused-ring (bicyclic) bond motifs is 8. The fourth-order valence-electron chi connectivity index (χ4n) is 8.60. The monoisotopic (exact) mass is 709 g/mol. The van der Waals surface area contributed by atoms with E-state index in [1.807, 2.05) is 25.1 Å². The number of thiophene rings is 2. The number of ketones is 1. The van der Waals surface area contributed by atoms with E-state index in [-0.39, 0.29) is 23.5 Å². The molecule has 0 aliphatic carbocycles. The highest BCUT2D eigenvalue weighted by atomic mass is 35.5. The Bertz CT molecular complexity index is 1760. The number of carboxylic acid groups (broad SMARTS) is 1. The highest BCUT2D eigenvalue weighted by molar-refractivity contribution is 7.21. The van der Waals surface area contributed by atoms with Crippen molar-refractivity contribution in [1.82, 2.24) is 9.80 Å². The molecule has 2 atom stereocenters. The molecule has 0 saturated carbocycles. The lowest BCUT2D eigenvalue weighted by atomic mass is 9.65. The maximum absolute atomic E-state index is 12.9. The van der Waals surface area contributed by atoms with Crippen molar-refractivity contribution in [3.05, 3.63) is 69.4 Å². The SMILES string of the molecule is CC1(C)[C@@H](N)C2CCN1CC2.Cc1ccc2sc(C(=O)C[C@H]3C4CCN(CC4)C3(C)C)cc2c1.Cc1ccc2sc(C(=O)O)cc2c1.Cl. The molecule has 0 unspecified atom stereocenters. The van der Waals surface area contributed by atoms with E-state index in [9.17, 15) is 9.59 Å². The number of benzene rings is 2. The predicted octanol–water partition coefficient (Wildman–Crippen LogP) is 9.05. The van der Waals surface area contributed by atoms with Crippen molar-refractivity contribution in [3.8, 4) is 0 Å². The van der Waals surface area contributed by atoms with Gasteiger partial charge in [0, 0.05) is 32.9 Å². The molecule has 6 nitrogen and oxygen atoms in total. The summed E-state index contributed by atoms with van der Waals surface area (Å²) in [7, 11) is 0. The lowest BCUT2D eigenvalue weighted by Crippen LogP contribution is -2.67. The molecule has 10 rings (SSSR count). The van der Waals surface area contributed by atoms with Crippen molar-refractivity contribution in [2.45, 2.75) is 90.8 Å². The van der Waals surface area contributed by atoms with Crippen LogP contribution < -0.4 is 5.73 Å². The third kappa shape index (κ3) is 7.40. The summed E-state index contributed by atoms with van der Waals surface area (Å²) >= 11 is 2.97. The average Bonchev–Trinajstić information content (AvgIpc) is 3.67. The Balaban J connectivity index is 0.000000153. The number of nitrogens with two attached hydrogens (primary N) is 1. The predicted molar refractivity (Wildman–Crippen MR) is 204 cm³/mol. The quantitative estimate of drug-likeness (QED) is 0.206. The van der Waals surface area contributed by atoms with Gasteiger partial charge in [0.15, 0.2) is 5.78 Å². The first kappa shape index (κ1) is 36.9. The van der Waals surface area contributed by atoms with E-state index in [1.165, 1.54) is 78.8 Å². The number of aryl methyl sites for hydroxylation is 2. The van der Waals surface area contributed by atoms with E-state index in [0.29, 0.717) is 29.0 Å². The summed E-state index contributed by atoms with van der Waals surface area (Å²) in [6.45, 7) is 18.3. The lowest BCUT2D eigenvalue weighted by molar-refractivity contribution is -0.0643. The number of carbonyl (C=O) groups is 2. The zero-order valence-electron chi connectivity index (χ0n) is 29.3. The number of hydrogen-bond acceptors (Lipinski definition) is 7. The first-order valence-corrected chi connectivity index (χ1v) is 18.9. The standard InChI is InChI=1S/C20H25NOS.C10H8O2S.C9H18N2.ClH/c1-13-4-5-18-15(10-13)11-19(23-18)17(22)12-16-14-6-8-21(9-7-14)20(16,2)3;1-6-2-3-8-7(4-6)5-9(13-8)10(11)12;1-9(2)8(10)7-3-5-11(9)6-4-7;/h4-5,10-11,14,16H,6-9,12H2,1-3H3;2-5H,1H3,(H,11,12);7-8H,3-6,10H2,1-2H3;1H/t16-;;8-;/m0.0./s1. The summed E-state index contributed by atoms with van der Waals surface area (Å²) in [5, 5.41) is 11.0. The second-order valence-electron chi connectivity index (χ2n) is 15.3. The van der Waals surface area contributed by atoms with Crippen LogP contribution in [0.2, 0.25) is 0 Å². The second-order valence-corrected chi connectivity index (χ2v) is 17.5. The Morgan fingerprint density at radius 2 is 1.21 bits per heavy atom. The van der Waals surface area contributed by atoms with Crippen molar-refractivity contribution in [3.63, 3.8) is 0 Å². The number of piperidine rings is 6. The summed E-state index contributed by atoms with van der Waals surface area (Å²) in [6.07, 6.45) is 5.90. The second kappa shape index (κ2) is 14.5. The van der Waals surface area contributed by atoms with Crippen LogP contribution in [0.25, 0.3) is 20.2 Å². The minimum atomic E-state index is -0.848. The van der Waals surface area contributed by atoms with E-state index < -0.39 is 5.97 Å². The van der Waals surface area contributed by atoms with Gasteiger partial charge in [-0.15, -0.1) is 35.1 Å². The van der Waals surface area contributed by atoms with Gasteiger partial charge in [0.1, 0.15) is 4.88 Å². The Labute approximate surface area is 300 Å². The summed E-state index contributed by atoms with van der Waals surface area (Å²) < 4.78 is 2.26. The Kier molecular flexibility index (Phi) is 11.2.